The van der Waals surface area contributed by atoms with Crippen LogP contribution in [0.1, 0.15) is 55.1 Å². The lowest BCUT2D eigenvalue weighted by atomic mass is 9.72. The Bertz CT molecular complexity index is 1070. The van der Waals surface area contributed by atoms with E-state index in [1.807, 2.05) is 32.9 Å². The van der Waals surface area contributed by atoms with Crippen molar-refractivity contribution in [1.29, 1.82) is 0 Å². The zero-order valence-electron chi connectivity index (χ0n) is 19.1. The molecule has 2 aliphatic rings. The fraction of sp³-hybridized carbons (Fsp3) is 0.440. The van der Waals surface area contributed by atoms with E-state index in [0.717, 1.165) is 11.1 Å². The number of fused-ring (bicyclic) bond motifs is 2. The molecule has 0 unspecified atom stereocenters. The Kier molecular flexibility index (Phi) is 5.86. The summed E-state index contributed by atoms with van der Waals surface area (Å²) in [5.74, 6) is -0.503. The first-order valence-electron chi connectivity index (χ1n) is 11.1. The van der Waals surface area contributed by atoms with Crippen LogP contribution in [0.15, 0.2) is 48.5 Å². The van der Waals surface area contributed by atoms with Gasteiger partial charge in [0.2, 0.25) is 0 Å². The number of carbonyl (C=O) groups is 2. The molecule has 1 amide bonds. The highest BCUT2D eigenvalue weighted by molar-refractivity contribution is 5.90. The highest BCUT2D eigenvalue weighted by atomic mass is 16.6. The second-order valence-corrected chi connectivity index (χ2v) is 9.68. The van der Waals surface area contributed by atoms with E-state index in [1.54, 1.807) is 4.90 Å². The molecule has 1 aliphatic carbocycles. The maximum absolute atomic E-state index is 12.9. The lowest BCUT2D eigenvalue weighted by Gasteiger charge is -2.43. The van der Waals surface area contributed by atoms with Gasteiger partial charge in [-0.25, -0.2) is 9.59 Å². The molecule has 8 nitrogen and oxygen atoms in total. The minimum atomic E-state index is -0.561. The topological polar surface area (TPSA) is 99.0 Å². The van der Waals surface area contributed by atoms with E-state index in [-0.39, 0.29) is 28.9 Å². The second kappa shape index (κ2) is 8.50. The Labute approximate surface area is 192 Å². The van der Waals surface area contributed by atoms with Crippen LogP contribution in [0.4, 0.5) is 10.5 Å². The van der Waals surface area contributed by atoms with Gasteiger partial charge >= 0.3 is 12.1 Å². The van der Waals surface area contributed by atoms with E-state index >= 15 is 0 Å². The van der Waals surface area contributed by atoms with Crippen LogP contribution in [0.25, 0.3) is 0 Å². The van der Waals surface area contributed by atoms with Gasteiger partial charge in [0.1, 0.15) is 11.7 Å². The summed E-state index contributed by atoms with van der Waals surface area (Å²) in [5.41, 5.74) is 1.56. The zero-order valence-corrected chi connectivity index (χ0v) is 19.1. The fourth-order valence-corrected chi connectivity index (χ4v) is 4.83. The van der Waals surface area contributed by atoms with Crippen molar-refractivity contribution in [2.24, 2.45) is 0 Å². The average Bonchev–Trinajstić information content (AvgIpc) is 3.06. The third-order valence-electron chi connectivity index (χ3n) is 6.45. The third-order valence-corrected chi connectivity index (χ3v) is 6.45. The van der Waals surface area contributed by atoms with E-state index in [4.69, 9.17) is 9.47 Å². The van der Waals surface area contributed by atoms with Crippen molar-refractivity contribution >= 4 is 17.7 Å². The van der Waals surface area contributed by atoms with E-state index in [2.05, 4.69) is 12.1 Å². The van der Waals surface area contributed by atoms with Gasteiger partial charge in [0.25, 0.3) is 5.69 Å². The molecular formula is C25H28N2O6. The number of benzene rings is 2. The van der Waals surface area contributed by atoms with Crippen LogP contribution < -0.4 is 0 Å². The van der Waals surface area contributed by atoms with Crippen molar-refractivity contribution in [3.05, 3.63) is 75.3 Å². The minimum Gasteiger partial charge on any atom is -0.457 e. The summed E-state index contributed by atoms with van der Waals surface area (Å²) >= 11 is 0. The van der Waals surface area contributed by atoms with Crippen molar-refractivity contribution in [2.75, 3.05) is 13.1 Å². The number of hydrogen-bond donors (Lipinski definition) is 0. The highest BCUT2D eigenvalue weighted by Gasteiger charge is 2.51. The first-order chi connectivity index (χ1) is 15.6. The lowest BCUT2D eigenvalue weighted by molar-refractivity contribution is -0.384. The molecule has 1 spiro atoms. The zero-order chi connectivity index (χ0) is 23.8. The van der Waals surface area contributed by atoms with Gasteiger partial charge in [0.05, 0.1) is 10.5 Å². The van der Waals surface area contributed by atoms with Crippen LogP contribution in [-0.2, 0) is 21.3 Å². The normalized spacial score (nSPS) is 19.1. The maximum atomic E-state index is 12.9. The average molecular weight is 453 g/mol. The summed E-state index contributed by atoms with van der Waals surface area (Å²) in [6.45, 7) is 6.55. The first kappa shape index (κ1) is 22.8. The summed E-state index contributed by atoms with van der Waals surface area (Å²) in [7, 11) is 0. The molecule has 1 heterocycles. The molecule has 0 aromatic heterocycles. The minimum absolute atomic E-state index is 0.0780. The monoisotopic (exact) mass is 452 g/mol. The summed E-state index contributed by atoms with van der Waals surface area (Å²) in [4.78, 5) is 37.6. The Balaban J connectivity index is 1.53. The Morgan fingerprint density at radius 3 is 2.30 bits per heavy atom. The maximum Gasteiger partial charge on any atom is 0.410 e. The predicted octanol–water partition coefficient (Wildman–Crippen LogP) is 4.65. The molecule has 2 aromatic rings. The number of carbonyl (C=O) groups excluding carboxylic acids is 2. The number of nitro groups is 1. The highest BCUT2D eigenvalue weighted by Crippen LogP contribution is 2.48. The van der Waals surface area contributed by atoms with Crippen LogP contribution in [0, 0.1) is 10.1 Å². The Morgan fingerprint density at radius 2 is 1.70 bits per heavy atom. The number of amides is 1. The summed E-state index contributed by atoms with van der Waals surface area (Å²) < 4.78 is 11.5. The van der Waals surface area contributed by atoms with Crippen LogP contribution in [-0.4, -0.2) is 46.7 Å². The molecule has 0 bridgehead atoms. The molecule has 8 heteroatoms. The molecule has 4 rings (SSSR count). The molecule has 0 saturated carbocycles. The van der Waals surface area contributed by atoms with Crippen LogP contribution in [0.5, 0.6) is 0 Å². The number of likely N-dealkylation sites (tertiary alicyclic amines) is 1. The van der Waals surface area contributed by atoms with Crippen molar-refractivity contribution < 1.29 is 24.0 Å². The quantitative estimate of drug-likeness (QED) is 0.382. The SMILES string of the molecule is CC(C)(C)OC(=O)N1CCC2(CC1)c1ccccc1C[C@H]2OC(=O)c1ccc([N+](=O)[O-])cc1. The first-order valence-corrected chi connectivity index (χ1v) is 11.1. The molecular weight excluding hydrogens is 424 g/mol. The van der Waals surface area contributed by atoms with Gasteiger partial charge in [-0.3, -0.25) is 10.1 Å². The number of nitro benzene ring substituents is 1. The molecule has 0 radical (unpaired) electrons. The molecule has 1 atom stereocenters. The molecule has 2 aromatic carbocycles. The molecule has 1 saturated heterocycles. The predicted molar refractivity (Wildman–Crippen MR) is 121 cm³/mol. The Morgan fingerprint density at radius 1 is 1.06 bits per heavy atom. The van der Waals surface area contributed by atoms with Gasteiger partial charge in [-0.1, -0.05) is 24.3 Å². The fourth-order valence-electron chi connectivity index (χ4n) is 4.83. The smallest absolute Gasteiger partial charge is 0.410 e. The summed E-state index contributed by atoms with van der Waals surface area (Å²) in [6.07, 6.45) is 1.20. The third kappa shape index (κ3) is 4.55. The summed E-state index contributed by atoms with van der Waals surface area (Å²) in [5, 5.41) is 10.9. The number of nitrogens with zero attached hydrogens (tertiary/aromatic N) is 2. The van der Waals surface area contributed by atoms with Gasteiger partial charge < -0.3 is 14.4 Å². The number of piperidine rings is 1. The second-order valence-electron chi connectivity index (χ2n) is 9.68. The van der Waals surface area contributed by atoms with Crippen LogP contribution in [0.3, 0.4) is 0 Å². The number of non-ortho nitro benzene ring substituents is 1. The van der Waals surface area contributed by atoms with E-state index in [0.29, 0.717) is 32.4 Å². The van der Waals surface area contributed by atoms with Gasteiger partial charge in [0.15, 0.2) is 0 Å². The van der Waals surface area contributed by atoms with Gasteiger partial charge in [-0.15, -0.1) is 0 Å². The van der Waals surface area contributed by atoms with Crippen molar-refractivity contribution in [3.8, 4) is 0 Å². The van der Waals surface area contributed by atoms with E-state index < -0.39 is 16.5 Å². The standard InChI is InChI=1S/C25H28N2O6/c1-24(2,3)33-23(29)26-14-12-25(13-15-26)20-7-5-4-6-18(20)16-21(25)32-22(28)17-8-10-19(11-9-17)27(30)31/h4-11,21H,12-16H2,1-3H3/t21-/m1/s1. The molecule has 1 fully saturated rings. The van der Waals surface area contributed by atoms with Gasteiger partial charge in [0, 0.05) is 37.1 Å². The molecule has 174 valence electrons. The van der Waals surface area contributed by atoms with E-state index in [1.165, 1.54) is 24.3 Å². The van der Waals surface area contributed by atoms with Gasteiger partial charge in [-0.2, -0.15) is 0 Å². The lowest BCUT2D eigenvalue weighted by Crippen LogP contribution is -2.51. The van der Waals surface area contributed by atoms with Crippen molar-refractivity contribution in [2.45, 2.75) is 57.2 Å². The van der Waals surface area contributed by atoms with E-state index in [9.17, 15) is 19.7 Å². The number of ether oxygens (including phenoxy) is 2. The number of rotatable bonds is 3. The molecule has 1 aliphatic heterocycles. The van der Waals surface area contributed by atoms with Crippen LogP contribution >= 0.6 is 0 Å². The molecule has 33 heavy (non-hydrogen) atoms. The summed E-state index contributed by atoms with van der Waals surface area (Å²) in [6, 6.07) is 13.5. The van der Waals surface area contributed by atoms with Crippen molar-refractivity contribution in [3.63, 3.8) is 0 Å². The number of hydrogen-bond acceptors (Lipinski definition) is 6. The number of esters is 1. The van der Waals surface area contributed by atoms with Gasteiger partial charge in [-0.05, 0) is 56.9 Å². The largest absolute Gasteiger partial charge is 0.457 e. The van der Waals surface area contributed by atoms with Crippen molar-refractivity contribution in [1.82, 2.24) is 4.90 Å². The van der Waals surface area contributed by atoms with Crippen LogP contribution in [0.2, 0.25) is 0 Å². The molecule has 0 N–H and O–H groups in total. The Hall–Kier alpha value is -3.42.